The van der Waals surface area contributed by atoms with Gasteiger partial charge in [-0.15, -0.1) is 0 Å². The Labute approximate surface area is 108 Å². The third-order valence-corrected chi connectivity index (χ3v) is 5.28. The van der Waals surface area contributed by atoms with Crippen molar-refractivity contribution < 1.29 is 14.6 Å². The van der Waals surface area contributed by atoms with Crippen LogP contribution in [0.1, 0.15) is 46.5 Å². The molecule has 0 bridgehead atoms. The molecule has 0 amide bonds. The maximum Gasteiger partial charge on any atom is 0.336 e. The van der Waals surface area contributed by atoms with Gasteiger partial charge in [0.05, 0.1) is 0 Å². The predicted octanol–water partition coefficient (Wildman–Crippen LogP) is 2.70. The summed E-state index contributed by atoms with van der Waals surface area (Å²) >= 11 is 0. The van der Waals surface area contributed by atoms with Gasteiger partial charge in [0.15, 0.2) is 0 Å². The Kier molecular flexibility index (Phi) is 2.31. The van der Waals surface area contributed by atoms with Gasteiger partial charge in [-0.25, -0.2) is 4.79 Å². The molecule has 0 saturated heterocycles. The van der Waals surface area contributed by atoms with Crippen molar-refractivity contribution in [2.45, 2.75) is 52.2 Å². The van der Waals surface area contributed by atoms with Gasteiger partial charge in [-0.3, -0.25) is 0 Å². The van der Waals surface area contributed by atoms with E-state index in [1.165, 1.54) is 12.0 Å². The zero-order valence-electron chi connectivity index (χ0n) is 11.2. The summed E-state index contributed by atoms with van der Waals surface area (Å²) in [6.07, 6.45) is 5.67. The van der Waals surface area contributed by atoms with Crippen molar-refractivity contribution in [3.8, 4) is 0 Å². The molecule has 0 aromatic carbocycles. The van der Waals surface area contributed by atoms with Gasteiger partial charge in [0, 0.05) is 17.6 Å². The molecule has 1 aliphatic heterocycles. The van der Waals surface area contributed by atoms with Gasteiger partial charge >= 0.3 is 5.97 Å². The Morgan fingerprint density at radius 3 is 2.89 bits per heavy atom. The van der Waals surface area contributed by atoms with Gasteiger partial charge in [0.25, 0.3) is 0 Å². The number of allylic oxidation sites excluding steroid dienone is 1. The van der Waals surface area contributed by atoms with Crippen LogP contribution in [0, 0.1) is 11.3 Å². The lowest BCUT2D eigenvalue weighted by Gasteiger charge is -2.48. The summed E-state index contributed by atoms with van der Waals surface area (Å²) in [7, 11) is 0. The molecule has 3 nitrogen and oxygen atoms in total. The molecule has 1 saturated carbocycles. The van der Waals surface area contributed by atoms with E-state index in [1.807, 2.05) is 0 Å². The number of esters is 1. The second-order valence-electron chi connectivity index (χ2n) is 6.26. The summed E-state index contributed by atoms with van der Waals surface area (Å²) in [5.74, 6) is -1.13. The number of carbonyl (C=O) groups is 1. The van der Waals surface area contributed by atoms with E-state index >= 15 is 0 Å². The van der Waals surface area contributed by atoms with Crippen LogP contribution in [0.4, 0.5) is 0 Å². The van der Waals surface area contributed by atoms with Gasteiger partial charge in [0.2, 0.25) is 5.79 Å². The maximum absolute atomic E-state index is 11.7. The molecule has 1 heterocycles. The van der Waals surface area contributed by atoms with Crippen molar-refractivity contribution >= 4 is 5.97 Å². The summed E-state index contributed by atoms with van der Waals surface area (Å²) in [4.78, 5) is 11.7. The zero-order valence-corrected chi connectivity index (χ0v) is 11.2. The molecule has 3 atom stereocenters. The third kappa shape index (κ3) is 1.37. The Morgan fingerprint density at radius 2 is 2.17 bits per heavy atom. The molecule has 0 aromatic rings. The average molecular weight is 248 g/mol. The van der Waals surface area contributed by atoms with E-state index in [1.54, 1.807) is 6.92 Å². The smallest absolute Gasteiger partial charge is 0.336 e. The van der Waals surface area contributed by atoms with Gasteiger partial charge in [-0.05, 0) is 37.5 Å². The lowest BCUT2D eigenvalue weighted by molar-refractivity contribution is -0.186. The van der Waals surface area contributed by atoms with Crippen molar-refractivity contribution in [3.05, 3.63) is 22.8 Å². The number of aliphatic hydroxyl groups is 1. The second-order valence-corrected chi connectivity index (χ2v) is 6.26. The Balaban J connectivity index is 2.09. The normalized spacial score (nSPS) is 43.2. The minimum absolute atomic E-state index is 0.0784. The largest absolute Gasteiger partial charge is 0.425 e. The van der Waals surface area contributed by atoms with E-state index in [2.05, 4.69) is 19.9 Å². The summed E-state index contributed by atoms with van der Waals surface area (Å²) in [6, 6.07) is 0. The highest BCUT2D eigenvalue weighted by Crippen LogP contribution is 2.57. The number of ether oxygens (including phenoxy) is 1. The molecule has 2 aliphatic carbocycles. The second kappa shape index (κ2) is 3.47. The van der Waals surface area contributed by atoms with Gasteiger partial charge in [0.1, 0.15) is 0 Å². The third-order valence-electron chi connectivity index (χ3n) is 5.28. The first-order chi connectivity index (χ1) is 8.37. The van der Waals surface area contributed by atoms with Crippen LogP contribution in [0.25, 0.3) is 0 Å². The van der Waals surface area contributed by atoms with Gasteiger partial charge < -0.3 is 9.84 Å². The Morgan fingerprint density at radius 1 is 1.44 bits per heavy atom. The number of carbonyl (C=O) groups excluding carboxylic acids is 1. The van der Waals surface area contributed by atoms with Crippen LogP contribution in [-0.2, 0) is 9.53 Å². The molecular weight excluding hydrogens is 228 g/mol. The summed E-state index contributed by atoms with van der Waals surface area (Å²) in [5, 5.41) is 10.5. The zero-order chi connectivity index (χ0) is 13.1. The highest BCUT2D eigenvalue weighted by molar-refractivity contribution is 5.92. The molecule has 3 heteroatoms. The lowest BCUT2D eigenvalue weighted by atomic mass is 9.58. The standard InChI is InChI=1S/C15H20O3/c1-9-5-4-6-11-7-15(17)12(8-14(9,11)3)10(2)13(16)18-15/h6,9,17H,4-5,7-8H2,1-3H3/t9-,14+,15+/m0/s1. The predicted molar refractivity (Wildman–Crippen MR) is 67.6 cm³/mol. The fraction of sp³-hybridized carbons (Fsp3) is 0.667. The molecular formula is C15H20O3. The topological polar surface area (TPSA) is 46.5 Å². The molecule has 0 aromatic heterocycles. The van der Waals surface area contributed by atoms with Crippen molar-refractivity contribution in [1.82, 2.24) is 0 Å². The minimum Gasteiger partial charge on any atom is -0.425 e. The number of hydrogen-bond acceptors (Lipinski definition) is 3. The molecule has 98 valence electrons. The van der Waals surface area contributed by atoms with E-state index < -0.39 is 5.79 Å². The van der Waals surface area contributed by atoms with E-state index in [0.717, 1.165) is 18.4 Å². The molecule has 3 rings (SSSR count). The van der Waals surface area contributed by atoms with E-state index in [9.17, 15) is 9.90 Å². The number of fused-ring (bicyclic) bond motifs is 2. The first kappa shape index (κ1) is 12.0. The van der Waals surface area contributed by atoms with E-state index in [4.69, 9.17) is 4.74 Å². The van der Waals surface area contributed by atoms with Crippen LogP contribution >= 0.6 is 0 Å². The van der Waals surface area contributed by atoms with Gasteiger partial charge in [-0.2, -0.15) is 0 Å². The average Bonchev–Trinajstić information content (AvgIpc) is 2.50. The van der Waals surface area contributed by atoms with Gasteiger partial charge in [-0.1, -0.05) is 25.5 Å². The van der Waals surface area contributed by atoms with Crippen molar-refractivity contribution in [1.29, 1.82) is 0 Å². The minimum atomic E-state index is -1.36. The highest BCUT2D eigenvalue weighted by atomic mass is 16.7. The summed E-state index contributed by atoms with van der Waals surface area (Å²) < 4.78 is 5.20. The van der Waals surface area contributed by atoms with Crippen LogP contribution in [-0.4, -0.2) is 16.9 Å². The molecule has 0 spiro atoms. The van der Waals surface area contributed by atoms with E-state index in [-0.39, 0.29) is 11.4 Å². The Bertz CT molecular complexity index is 488. The SMILES string of the molecule is CC1=C2C[C@@]3(C)C(=CCC[C@@H]3C)C[C@@]2(O)OC1=O. The molecule has 3 aliphatic rings. The van der Waals surface area contributed by atoms with Crippen molar-refractivity contribution in [2.24, 2.45) is 11.3 Å². The van der Waals surface area contributed by atoms with Crippen molar-refractivity contribution in [2.75, 3.05) is 0 Å². The highest BCUT2D eigenvalue weighted by Gasteiger charge is 2.55. The molecule has 0 unspecified atom stereocenters. The first-order valence-corrected chi connectivity index (χ1v) is 6.72. The molecule has 0 radical (unpaired) electrons. The number of hydrogen-bond donors (Lipinski definition) is 1. The monoisotopic (exact) mass is 248 g/mol. The Hall–Kier alpha value is -1.09. The van der Waals surface area contributed by atoms with Crippen LogP contribution < -0.4 is 0 Å². The van der Waals surface area contributed by atoms with Crippen LogP contribution in [0.15, 0.2) is 22.8 Å². The summed E-state index contributed by atoms with van der Waals surface area (Å²) in [5.41, 5.74) is 2.75. The first-order valence-electron chi connectivity index (χ1n) is 6.72. The van der Waals surface area contributed by atoms with Crippen LogP contribution in [0.3, 0.4) is 0 Å². The quantitative estimate of drug-likeness (QED) is 0.529. The summed E-state index contributed by atoms with van der Waals surface area (Å²) in [6.45, 7) is 6.29. The lowest BCUT2D eigenvalue weighted by Crippen LogP contribution is -2.45. The fourth-order valence-electron chi connectivity index (χ4n) is 3.68. The number of rotatable bonds is 0. The molecule has 1 N–H and O–H groups in total. The van der Waals surface area contributed by atoms with Crippen LogP contribution in [0.2, 0.25) is 0 Å². The van der Waals surface area contributed by atoms with E-state index in [0.29, 0.717) is 17.9 Å². The maximum atomic E-state index is 11.7. The van der Waals surface area contributed by atoms with Crippen LogP contribution in [0.5, 0.6) is 0 Å². The fourth-order valence-corrected chi connectivity index (χ4v) is 3.68. The molecule has 1 fully saturated rings. The van der Waals surface area contributed by atoms with Crippen molar-refractivity contribution in [3.63, 3.8) is 0 Å². The molecule has 18 heavy (non-hydrogen) atoms.